The average molecular weight is 275 g/mol. The molecular weight excluding hydrogens is 254 g/mol. The van der Waals surface area contributed by atoms with Gasteiger partial charge in [-0.1, -0.05) is 19.8 Å². The van der Waals surface area contributed by atoms with E-state index in [1.807, 2.05) is 6.92 Å². The zero-order valence-corrected chi connectivity index (χ0v) is 11.7. The van der Waals surface area contributed by atoms with E-state index in [-0.39, 0.29) is 17.7 Å². The van der Waals surface area contributed by atoms with E-state index in [1.165, 1.54) is 4.31 Å². The first kappa shape index (κ1) is 13.8. The summed E-state index contributed by atoms with van der Waals surface area (Å²) in [5.74, 6) is -0.629. The molecule has 18 heavy (non-hydrogen) atoms. The molecule has 2 rings (SSSR count). The predicted molar refractivity (Wildman–Crippen MR) is 67.7 cm³/mol. The van der Waals surface area contributed by atoms with Crippen LogP contribution >= 0.6 is 0 Å². The first-order valence-corrected chi connectivity index (χ1v) is 8.11. The van der Waals surface area contributed by atoms with Crippen LogP contribution in [0.4, 0.5) is 0 Å². The lowest BCUT2D eigenvalue weighted by Crippen LogP contribution is -2.52. The van der Waals surface area contributed by atoms with E-state index in [0.29, 0.717) is 19.4 Å². The lowest BCUT2D eigenvalue weighted by atomic mass is 9.71. The van der Waals surface area contributed by atoms with Crippen molar-refractivity contribution in [3.05, 3.63) is 0 Å². The van der Waals surface area contributed by atoms with E-state index in [1.54, 1.807) is 6.92 Å². The van der Waals surface area contributed by atoms with Crippen molar-refractivity contribution in [3.63, 3.8) is 0 Å². The van der Waals surface area contributed by atoms with E-state index in [4.69, 9.17) is 0 Å². The molecule has 6 heteroatoms. The Labute approximate surface area is 108 Å². The van der Waals surface area contributed by atoms with Gasteiger partial charge >= 0.3 is 5.97 Å². The topological polar surface area (TPSA) is 74.7 Å². The number of carbonyl (C=O) groups is 1. The summed E-state index contributed by atoms with van der Waals surface area (Å²) in [5, 5.41) is 9.44. The van der Waals surface area contributed by atoms with Crippen LogP contribution < -0.4 is 0 Å². The van der Waals surface area contributed by atoms with Crippen LogP contribution in [0.25, 0.3) is 0 Å². The number of hydrogen-bond donors (Lipinski definition) is 1. The summed E-state index contributed by atoms with van der Waals surface area (Å²) in [6.07, 6.45) is 3.00. The highest BCUT2D eigenvalue weighted by Crippen LogP contribution is 2.42. The van der Waals surface area contributed by atoms with Crippen LogP contribution in [0, 0.1) is 11.3 Å². The second kappa shape index (κ2) is 4.49. The lowest BCUT2D eigenvalue weighted by molar-refractivity contribution is -0.153. The maximum atomic E-state index is 12.1. The fraction of sp³-hybridized carbons (Fsp3) is 0.917. The van der Waals surface area contributed by atoms with E-state index in [9.17, 15) is 18.3 Å². The average Bonchev–Trinajstić information content (AvgIpc) is 2.52. The van der Waals surface area contributed by atoms with Crippen molar-refractivity contribution in [1.29, 1.82) is 0 Å². The molecule has 1 aliphatic carbocycles. The second-order valence-electron chi connectivity index (χ2n) is 5.94. The normalized spacial score (nSPS) is 40.8. The third-order valence-corrected chi connectivity index (χ3v) is 6.45. The molecule has 1 saturated heterocycles. The molecular formula is C12H21NO4S. The first-order valence-electron chi connectivity index (χ1n) is 6.50. The van der Waals surface area contributed by atoms with Crippen LogP contribution in [0.2, 0.25) is 0 Å². The fourth-order valence-electron chi connectivity index (χ4n) is 3.28. The maximum absolute atomic E-state index is 12.1. The highest BCUT2D eigenvalue weighted by molar-refractivity contribution is 7.89. The van der Waals surface area contributed by atoms with Crippen LogP contribution in [0.3, 0.4) is 0 Å². The van der Waals surface area contributed by atoms with Crippen LogP contribution in [0.15, 0.2) is 0 Å². The molecule has 1 heterocycles. The quantitative estimate of drug-likeness (QED) is 0.824. The zero-order valence-electron chi connectivity index (χ0n) is 10.9. The van der Waals surface area contributed by atoms with E-state index in [2.05, 4.69) is 0 Å². The first-order chi connectivity index (χ1) is 8.27. The third-order valence-electron chi connectivity index (χ3n) is 4.34. The largest absolute Gasteiger partial charge is 0.481 e. The van der Waals surface area contributed by atoms with Crippen LogP contribution in [0.1, 0.15) is 39.5 Å². The molecule has 0 radical (unpaired) electrons. The summed E-state index contributed by atoms with van der Waals surface area (Å²) in [5.41, 5.74) is -0.935. The Bertz CT molecular complexity index is 447. The summed E-state index contributed by atoms with van der Waals surface area (Å²) in [6, 6.07) is -0.376. The zero-order chi connectivity index (χ0) is 13.6. The molecule has 0 aromatic rings. The Morgan fingerprint density at radius 1 is 1.39 bits per heavy atom. The van der Waals surface area contributed by atoms with Crippen molar-refractivity contribution >= 4 is 16.0 Å². The molecule has 104 valence electrons. The highest BCUT2D eigenvalue weighted by atomic mass is 32.2. The molecule has 3 unspecified atom stereocenters. The van der Waals surface area contributed by atoms with Gasteiger partial charge in [0.2, 0.25) is 10.0 Å². The van der Waals surface area contributed by atoms with E-state index >= 15 is 0 Å². The Morgan fingerprint density at radius 3 is 2.56 bits per heavy atom. The number of nitrogens with zero attached hydrogens (tertiary/aromatic N) is 1. The maximum Gasteiger partial charge on any atom is 0.310 e. The van der Waals surface area contributed by atoms with Gasteiger partial charge in [-0.3, -0.25) is 4.79 Å². The summed E-state index contributed by atoms with van der Waals surface area (Å²) in [4.78, 5) is 11.5. The molecule has 2 aliphatic rings. The Hall–Kier alpha value is -0.620. The van der Waals surface area contributed by atoms with Gasteiger partial charge in [0.15, 0.2) is 0 Å². The smallest absolute Gasteiger partial charge is 0.310 e. The van der Waals surface area contributed by atoms with Crippen LogP contribution in [0.5, 0.6) is 0 Å². The van der Waals surface area contributed by atoms with Crippen molar-refractivity contribution in [3.8, 4) is 0 Å². The monoisotopic (exact) mass is 275 g/mol. The minimum Gasteiger partial charge on any atom is -0.481 e. The number of sulfonamides is 1. The van der Waals surface area contributed by atoms with Gasteiger partial charge in [0.05, 0.1) is 11.2 Å². The molecule has 1 N–H and O–H groups in total. The summed E-state index contributed by atoms with van der Waals surface area (Å²) in [7, 11) is -3.27. The molecule has 0 aromatic heterocycles. The van der Waals surface area contributed by atoms with Crippen molar-refractivity contribution < 1.29 is 18.3 Å². The summed E-state index contributed by atoms with van der Waals surface area (Å²) >= 11 is 0. The molecule has 0 amide bonds. The molecule has 0 spiro atoms. The van der Waals surface area contributed by atoms with Crippen molar-refractivity contribution in [1.82, 2.24) is 4.31 Å². The van der Waals surface area contributed by atoms with Gasteiger partial charge in [0, 0.05) is 12.6 Å². The van der Waals surface area contributed by atoms with Gasteiger partial charge in [0.25, 0.3) is 0 Å². The van der Waals surface area contributed by atoms with Crippen LogP contribution in [-0.2, 0) is 14.8 Å². The summed E-state index contributed by atoms with van der Waals surface area (Å²) in [6.45, 7) is 4.06. The standard InChI is InChI=1S/C12H21NO4S/c1-9-7-13(18(16,17)8-9)10-5-3-4-6-12(10,2)11(14)15/h9-10H,3-8H2,1-2H3,(H,14,15). The van der Waals surface area contributed by atoms with Crippen molar-refractivity contribution in [2.45, 2.75) is 45.6 Å². The fourth-order valence-corrected chi connectivity index (χ4v) is 5.50. The van der Waals surface area contributed by atoms with Gasteiger partial charge in [-0.2, -0.15) is 4.31 Å². The van der Waals surface area contributed by atoms with Crippen LogP contribution in [-0.4, -0.2) is 42.1 Å². The van der Waals surface area contributed by atoms with E-state index < -0.39 is 21.4 Å². The van der Waals surface area contributed by atoms with Gasteiger partial charge in [-0.05, 0) is 25.7 Å². The molecule has 0 bridgehead atoms. The highest BCUT2D eigenvalue weighted by Gasteiger charge is 2.51. The van der Waals surface area contributed by atoms with E-state index in [0.717, 1.165) is 12.8 Å². The number of rotatable bonds is 2. The number of hydrogen-bond acceptors (Lipinski definition) is 3. The Morgan fingerprint density at radius 2 is 2.06 bits per heavy atom. The molecule has 1 saturated carbocycles. The second-order valence-corrected chi connectivity index (χ2v) is 7.90. The number of carboxylic acids is 1. The van der Waals surface area contributed by atoms with Crippen molar-refractivity contribution in [2.24, 2.45) is 11.3 Å². The molecule has 5 nitrogen and oxygen atoms in total. The summed E-state index contributed by atoms with van der Waals surface area (Å²) < 4.78 is 25.7. The minimum absolute atomic E-state index is 0.0926. The Balaban J connectivity index is 2.33. The molecule has 2 fully saturated rings. The van der Waals surface area contributed by atoms with Gasteiger partial charge in [0.1, 0.15) is 0 Å². The van der Waals surface area contributed by atoms with Crippen molar-refractivity contribution in [2.75, 3.05) is 12.3 Å². The lowest BCUT2D eigenvalue weighted by Gasteiger charge is -2.42. The van der Waals surface area contributed by atoms with Gasteiger partial charge < -0.3 is 5.11 Å². The van der Waals surface area contributed by atoms with Gasteiger partial charge in [-0.15, -0.1) is 0 Å². The molecule has 1 aliphatic heterocycles. The molecule has 3 atom stereocenters. The molecule has 0 aromatic carbocycles. The Kier molecular flexibility index (Phi) is 3.44. The number of aliphatic carboxylic acids is 1. The SMILES string of the molecule is CC1CN(C2CCCCC2(C)C(=O)O)S(=O)(=O)C1. The number of carboxylic acid groups (broad SMARTS) is 1. The third kappa shape index (κ3) is 2.16. The minimum atomic E-state index is -3.27. The predicted octanol–water partition coefficient (Wildman–Crippen LogP) is 1.30. The van der Waals surface area contributed by atoms with Gasteiger partial charge in [-0.25, -0.2) is 8.42 Å².